The first-order valence-corrected chi connectivity index (χ1v) is 7.72. The quantitative estimate of drug-likeness (QED) is 0.815. The van der Waals surface area contributed by atoms with Crippen molar-refractivity contribution in [3.63, 3.8) is 0 Å². The van der Waals surface area contributed by atoms with Crippen LogP contribution < -0.4 is 4.90 Å². The molecule has 2 aromatic rings. The lowest BCUT2D eigenvalue weighted by Crippen LogP contribution is -2.18. The van der Waals surface area contributed by atoms with Crippen molar-refractivity contribution in [3.8, 4) is 0 Å². The third-order valence-corrected chi connectivity index (χ3v) is 3.61. The Bertz CT molecular complexity index is 525. The topological polar surface area (TPSA) is 36.4 Å². The average Bonchev–Trinajstić information content (AvgIpc) is 2.56. The van der Waals surface area contributed by atoms with Gasteiger partial charge in [-0.1, -0.05) is 38.5 Å². The minimum absolute atomic E-state index is 0.472. The molecule has 0 aliphatic rings. The van der Waals surface area contributed by atoms with Crippen molar-refractivity contribution in [2.75, 3.05) is 11.4 Å². The van der Waals surface area contributed by atoms with Gasteiger partial charge in [0.25, 0.3) is 0 Å². The van der Waals surface area contributed by atoms with Crippen molar-refractivity contribution in [2.45, 2.75) is 39.2 Å². The molecule has 21 heavy (non-hydrogen) atoms. The van der Waals surface area contributed by atoms with Crippen LogP contribution in [0.3, 0.4) is 0 Å². The molecule has 1 atom stereocenters. The highest BCUT2D eigenvalue weighted by molar-refractivity contribution is 5.62. The maximum atomic E-state index is 9.84. The predicted octanol–water partition coefficient (Wildman–Crippen LogP) is 4.46. The van der Waals surface area contributed by atoms with Gasteiger partial charge in [0.2, 0.25) is 0 Å². The van der Waals surface area contributed by atoms with Gasteiger partial charge in [-0.15, -0.1) is 0 Å². The summed E-state index contributed by atoms with van der Waals surface area (Å²) >= 11 is 0. The molecule has 0 amide bonds. The van der Waals surface area contributed by atoms with Crippen LogP contribution in [0.4, 0.5) is 11.4 Å². The monoisotopic (exact) mass is 284 g/mol. The summed E-state index contributed by atoms with van der Waals surface area (Å²) in [7, 11) is 0. The number of unbranched alkanes of at least 4 members (excludes halogenated alkanes) is 1. The Morgan fingerprint density at radius 1 is 1.05 bits per heavy atom. The van der Waals surface area contributed by atoms with Crippen LogP contribution in [0.25, 0.3) is 0 Å². The highest BCUT2D eigenvalue weighted by Crippen LogP contribution is 2.26. The summed E-state index contributed by atoms with van der Waals surface area (Å²) in [6, 6.07) is 14.3. The van der Waals surface area contributed by atoms with Crippen LogP contribution in [0.15, 0.2) is 48.7 Å². The zero-order valence-corrected chi connectivity index (χ0v) is 12.9. The molecule has 1 aromatic heterocycles. The molecule has 0 spiro atoms. The van der Waals surface area contributed by atoms with E-state index in [-0.39, 0.29) is 0 Å². The number of pyridine rings is 1. The fourth-order valence-corrected chi connectivity index (χ4v) is 2.29. The maximum absolute atomic E-state index is 9.84. The van der Waals surface area contributed by atoms with Crippen molar-refractivity contribution >= 4 is 11.4 Å². The molecule has 1 N–H and O–H groups in total. The first-order valence-electron chi connectivity index (χ1n) is 7.72. The minimum atomic E-state index is -0.472. The van der Waals surface area contributed by atoms with Gasteiger partial charge < -0.3 is 10.0 Å². The predicted molar refractivity (Wildman–Crippen MR) is 87.8 cm³/mol. The standard InChI is InChI=1S/C18H24N2O/c1-3-5-13-20(15-9-7-6-8-10-15)16-11-12-17(19-14-16)18(21)4-2/h6-12,14,18,21H,3-5,13H2,1-2H3. The second kappa shape index (κ2) is 7.79. The lowest BCUT2D eigenvalue weighted by molar-refractivity contribution is 0.169. The van der Waals surface area contributed by atoms with E-state index in [1.807, 2.05) is 31.3 Å². The number of anilines is 2. The molecule has 0 aliphatic carbocycles. The molecule has 3 nitrogen and oxygen atoms in total. The van der Waals surface area contributed by atoms with Gasteiger partial charge in [0.1, 0.15) is 0 Å². The van der Waals surface area contributed by atoms with Crippen molar-refractivity contribution in [1.82, 2.24) is 4.98 Å². The van der Waals surface area contributed by atoms with Crippen LogP contribution in [0.2, 0.25) is 0 Å². The molecule has 0 saturated heterocycles. The highest BCUT2D eigenvalue weighted by Gasteiger charge is 2.11. The lowest BCUT2D eigenvalue weighted by atomic mass is 10.1. The van der Waals surface area contributed by atoms with Gasteiger partial charge in [-0.05, 0) is 37.1 Å². The number of hydrogen-bond donors (Lipinski definition) is 1. The smallest absolute Gasteiger partial charge is 0.0957 e. The highest BCUT2D eigenvalue weighted by atomic mass is 16.3. The van der Waals surface area contributed by atoms with Crippen LogP contribution in [0.5, 0.6) is 0 Å². The van der Waals surface area contributed by atoms with Crippen molar-refractivity contribution < 1.29 is 5.11 Å². The fraction of sp³-hybridized carbons (Fsp3) is 0.389. The van der Waals surface area contributed by atoms with Crippen LogP contribution in [0, 0.1) is 0 Å². The third kappa shape index (κ3) is 4.05. The van der Waals surface area contributed by atoms with Gasteiger partial charge in [-0.2, -0.15) is 0 Å². The van der Waals surface area contributed by atoms with E-state index in [1.165, 1.54) is 5.69 Å². The average molecular weight is 284 g/mol. The third-order valence-electron chi connectivity index (χ3n) is 3.61. The number of para-hydroxylation sites is 1. The number of aliphatic hydroxyl groups is 1. The Labute approximate surface area is 127 Å². The Morgan fingerprint density at radius 2 is 1.81 bits per heavy atom. The van der Waals surface area contributed by atoms with E-state index in [0.29, 0.717) is 6.42 Å². The molecule has 1 unspecified atom stereocenters. The molecule has 0 radical (unpaired) electrons. The van der Waals surface area contributed by atoms with Gasteiger partial charge in [-0.3, -0.25) is 4.98 Å². The van der Waals surface area contributed by atoms with E-state index in [4.69, 9.17) is 0 Å². The maximum Gasteiger partial charge on any atom is 0.0957 e. The zero-order valence-electron chi connectivity index (χ0n) is 12.9. The molecule has 0 fully saturated rings. The van der Waals surface area contributed by atoms with Gasteiger partial charge in [0.05, 0.1) is 23.7 Å². The summed E-state index contributed by atoms with van der Waals surface area (Å²) in [5.74, 6) is 0. The summed E-state index contributed by atoms with van der Waals surface area (Å²) in [6.07, 6.45) is 4.36. The molecule has 0 bridgehead atoms. The number of rotatable bonds is 7. The molecule has 0 saturated carbocycles. The van der Waals surface area contributed by atoms with E-state index < -0.39 is 6.10 Å². The Kier molecular flexibility index (Phi) is 5.76. The first kappa shape index (κ1) is 15.5. The van der Waals surface area contributed by atoms with Crippen LogP contribution in [-0.4, -0.2) is 16.6 Å². The van der Waals surface area contributed by atoms with E-state index in [0.717, 1.165) is 30.8 Å². The van der Waals surface area contributed by atoms with Crippen molar-refractivity contribution in [3.05, 3.63) is 54.4 Å². The van der Waals surface area contributed by atoms with Crippen molar-refractivity contribution in [2.24, 2.45) is 0 Å². The van der Waals surface area contributed by atoms with E-state index in [9.17, 15) is 5.11 Å². The van der Waals surface area contributed by atoms with Gasteiger partial charge in [0.15, 0.2) is 0 Å². The van der Waals surface area contributed by atoms with Gasteiger partial charge >= 0.3 is 0 Å². The molecule has 2 rings (SSSR count). The zero-order chi connectivity index (χ0) is 15.1. The van der Waals surface area contributed by atoms with Crippen molar-refractivity contribution in [1.29, 1.82) is 0 Å². The number of hydrogen-bond acceptors (Lipinski definition) is 3. The first-order chi connectivity index (χ1) is 10.3. The number of nitrogens with zero attached hydrogens (tertiary/aromatic N) is 2. The van der Waals surface area contributed by atoms with Crippen LogP contribution >= 0.6 is 0 Å². The summed E-state index contributed by atoms with van der Waals surface area (Å²) in [5.41, 5.74) is 2.99. The number of aromatic nitrogens is 1. The van der Waals surface area contributed by atoms with E-state index in [2.05, 4.69) is 41.1 Å². The Balaban J connectivity index is 2.24. The van der Waals surface area contributed by atoms with E-state index in [1.54, 1.807) is 0 Å². The molecule has 112 valence electrons. The SMILES string of the molecule is CCCCN(c1ccccc1)c1ccc(C(O)CC)nc1. The summed E-state index contributed by atoms with van der Waals surface area (Å²) in [5, 5.41) is 9.84. The molecular formula is C18H24N2O. The summed E-state index contributed by atoms with van der Waals surface area (Å²) < 4.78 is 0. The molecule has 3 heteroatoms. The number of benzene rings is 1. The molecule has 1 aromatic carbocycles. The number of aliphatic hydroxyl groups excluding tert-OH is 1. The molecular weight excluding hydrogens is 260 g/mol. The normalized spacial score (nSPS) is 12.1. The molecule has 0 aliphatic heterocycles. The summed E-state index contributed by atoms with van der Waals surface area (Å²) in [6.45, 7) is 5.12. The second-order valence-corrected chi connectivity index (χ2v) is 5.21. The van der Waals surface area contributed by atoms with Gasteiger partial charge in [-0.25, -0.2) is 0 Å². The van der Waals surface area contributed by atoms with Gasteiger partial charge in [0, 0.05) is 12.2 Å². The minimum Gasteiger partial charge on any atom is -0.387 e. The van der Waals surface area contributed by atoms with E-state index >= 15 is 0 Å². The second-order valence-electron chi connectivity index (χ2n) is 5.21. The fourth-order valence-electron chi connectivity index (χ4n) is 2.29. The van der Waals surface area contributed by atoms with Crippen LogP contribution in [0.1, 0.15) is 44.9 Å². The Morgan fingerprint density at radius 3 is 2.38 bits per heavy atom. The largest absolute Gasteiger partial charge is 0.387 e. The lowest BCUT2D eigenvalue weighted by Gasteiger charge is -2.25. The Hall–Kier alpha value is -1.87. The summed E-state index contributed by atoms with van der Waals surface area (Å²) in [4.78, 5) is 6.69. The molecule has 1 heterocycles. The van der Waals surface area contributed by atoms with Crippen LogP contribution in [-0.2, 0) is 0 Å².